The van der Waals surface area contributed by atoms with E-state index in [1.54, 1.807) is 18.2 Å². The minimum absolute atomic E-state index is 0.107. The highest BCUT2D eigenvalue weighted by atomic mass is 32.2. The second-order valence-corrected chi connectivity index (χ2v) is 10.7. The summed E-state index contributed by atoms with van der Waals surface area (Å²) in [6.45, 7) is 9.90. The fourth-order valence-corrected chi connectivity index (χ4v) is 4.53. The number of para-hydroxylation sites is 1. The first-order chi connectivity index (χ1) is 15.5. The minimum atomic E-state index is -3.75. The molecule has 0 unspecified atom stereocenters. The number of amides is 1. The Bertz CT molecular complexity index is 1240. The number of carbonyl (C=O) groups excluding carboxylic acids is 1. The van der Waals surface area contributed by atoms with Crippen LogP contribution in [0.2, 0.25) is 0 Å². The molecule has 0 fully saturated rings. The van der Waals surface area contributed by atoms with Crippen LogP contribution >= 0.6 is 0 Å². The van der Waals surface area contributed by atoms with E-state index in [2.05, 4.69) is 30.8 Å². The highest BCUT2D eigenvalue weighted by Crippen LogP contribution is 2.31. The molecule has 1 amide bonds. The van der Waals surface area contributed by atoms with E-state index >= 15 is 0 Å². The first-order valence-corrected chi connectivity index (χ1v) is 12.2. The lowest BCUT2D eigenvalue weighted by molar-refractivity contribution is -0.118. The summed E-state index contributed by atoms with van der Waals surface area (Å²) in [5.41, 5.74) is 3.82. The molecule has 0 atom stereocenters. The van der Waals surface area contributed by atoms with Crippen molar-refractivity contribution in [3.63, 3.8) is 0 Å². The average molecular weight is 467 g/mol. The quantitative estimate of drug-likeness (QED) is 0.487. The van der Waals surface area contributed by atoms with Crippen molar-refractivity contribution >= 4 is 27.3 Å². The number of benzene rings is 3. The van der Waals surface area contributed by atoms with Crippen molar-refractivity contribution in [2.75, 3.05) is 16.6 Å². The molecule has 0 spiro atoms. The van der Waals surface area contributed by atoms with E-state index in [4.69, 9.17) is 4.74 Å². The van der Waals surface area contributed by atoms with E-state index in [1.165, 1.54) is 12.1 Å². The van der Waals surface area contributed by atoms with Gasteiger partial charge in [0, 0.05) is 5.69 Å². The first-order valence-electron chi connectivity index (χ1n) is 10.7. The van der Waals surface area contributed by atoms with Gasteiger partial charge >= 0.3 is 0 Å². The second kappa shape index (κ2) is 9.67. The molecular weight excluding hydrogens is 436 g/mol. The number of carbonyl (C=O) groups is 1. The normalized spacial score (nSPS) is 11.7. The molecule has 174 valence electrons. The molecule has 2 N–H and O–H groups in total. The molecule has 3 rings (SSSR count). The van der Waals surface area contributed by atoms with Gasteiger partial charge in [-0.25, -0.2) is 8.42 Å². The standard InChI is InChI=1S/C26H30N2O4S/c1-18-10-15-23(19(2)16-18)28-33(30,31)21-13-11-20(12-14-21)27-25(29)17-32-24-9-7-6-8-22(24)26(3,4)5/h6-16,28H,17H2,1-5H3,(H,27,29). The van der Waals surface area contributed by atoms with E-state index < -0.39 is 10.0 Å². The van der Waals surface area contributed by atoms with E-state index in [0.29, 0.717) is 17.1 Å². The van der Waals surface area contributed by atoms with E-state index in [1.807, 2.05) is 50.2 Å². The summed E-state index contributed by atoms with van der Waals surface area (Å²) >= 11 is 0. The number of sulfonamides is 1. The smallest absolute Gasteiger partial charge is 0.262 e. The van der Waals surface area contributed by atoms with Gasteiger partial charge in [-0.3, -0.25) is 9.52 Å². The number of hydrogen-bond donors (Lipinski definition) is 2. The molecule has 3 aromatic carbocycles. The average Bonchev–Trinajstić information content (AvgIpc) is 2.74. The first kappa shape index (κ1) is 24.3. The Kier molecular flexibility index (Phi) is 7.12. The molecule has 0 aliphatic carbocycles. The number of aryl methyl sites for hydroxylation is 2. The van der Waals surface area contributed by atoms with Crippen molar-refractivity contribution in [2.45, 2.75) is 44.9 Å². The van der Waals surface area contributed by atoms with Gasteiger partial charge in [0.05, 0.1) is 10.6 Å². The number of anilines is 2. The van der Waals surface area contributed by atoms with Crippen LogP contribution in [0.3, 0.4) is 0 Å². The van der Waals surface area contributed by atoms with Crippen LogP contribution in [0.1, 0.15) is 37.5 Å². The van der Waals surface area contributed by atoms with E-state index in [9.17, 15) is 13.2 Å². The number of hydrogen-bond acceptors (Lipinski definition) is 4. The van der Waals surface area contributed by atoms with Gasteiger partial charge in [-0.2, -0.15) is 0 Å². The molecule has 0 aromatic heterocycles. The maximum atomic E-state index is 12.7. The van der Waals surface area contributed by atoms with Gasteiger partial charge in [-0.05, 0) is 66.8 Å². The van der Waals surface area contributed by atoms with Gasteiger partial charge in [-0.1, -0.05) is 56.7 Å². The summed E-state index contributed by atoms with van der Waals surface area (Å²) in [7, 11) is -3.75. The largest absolute Gasteiger partial charge is 0.483 e. The Labute approximate surface area is 196 Å². The maximum absolute atomic E-state index is 12.7. The van der Waals surface area contributed by atoms with Gasteiger partial charge in [0.15, 0.2) is 6.61 Å². The summed E-state index contributed by atoms with van der Waals surface area (Å²) in [6.07, 6.45) is 0. The summed E-state index contributed by atoms with van der Waals surface area (Å²) in [5.74, 6) is 0.335. The Balaban J connectivity index is 1.63. The van der Waals surface area contributed by atoms with Crippen molar-refractivity contribution in [1.82, 2.24) is 0 Å². The number of rotatable bonds is 7. The van der Waals surface area contributed by atoms with Gasteiger partial charge < -0.3 is 10.1 Å². The molecule has 0 bridgehead atoms. The van der Waals surface area contributed by atoms with Crippen LogP contribution in [-0.4, -0.2) is 20.9 Å². The van der Waals surface area contributed by atoms with Gasteiger partial charge in [0.25, 0.3) is 15.9 Å². The van der Waals surface area contributed by atoms with E-state index in [-0.39, 0.29) is 22.8 Å². The lowest BCUT2D eigenvalue weighted by Gasteiger charge is -2.22. The lowest BCUT2D eigenvalue weighted by Crippen LogP contribution is -2.22. The van der Waals surface area contributed by atoms with Crippen LogP contribution in [0.15, 0.2) is 71.6 Å². The minimum Gasteiger partial charge on any atom is -0.483 e. The van der Waals surface area contributed by atoms with Crippen molar-refractivity contribution in [3.8, 4) is 5.75 Å². The molecule has 0 saturated carbocycles. The summed E-state index contributed by atoms with van der Waals surface area (Å²) in [6, 6.07) is 19.2. The SMILES string of the molecule is Cc1ccc(NS(=O)(=O)c2ccc(NC(=O)COc3ccccc3C(C)(C)C)cc2)c(C)c1. The summed E-state index contributed by atoms with van der Waals surface area (Å²) in [4.78, 5) is 12.5. The molecule has 6 nitrogen and oxygen atoms in total. The predicted octanol–water partition coefficient (Wildman–Crippen LogP) is 5.42. The lowest BCUT2D eigenvalue weighted by atomic mass is 9.86. The third-order valence-electron chi connectivity index (χ3n) is 5.13. The van der Waals surface area contributed by atoms with Gasteiger partial charge in [-0.15, -0.1) is 0 Å². The Hall–Kier alpha value is -3.32. The van der Waals surface area contributed by atoms with Crippen LogP contribution in [-0.2, 0) is 20.2 Å². The van der Waals surface area contributed by atoms with Gasteiger partial charge in [0.1, 0.15) is 5.75 Å². The van der Waals surface area contributed by atoms with Crippen molar-refractivity contribution in [2.24, 2.45) is 0 Å². The van der Waals surface area contributed by atoms with Crippen molar-refractivity contribution < 1.29 is 17.9 Å². The Morgan fingerprint density at radius 3 is 2.24 bits per heavy atom. The highest BCUT2D eigenvalue weighted by molar-refractivity contribution is 7.92. The van der Waals surface area contributed by atoms with Gasteiger partial charge in [0.2, 0.25) is 0 Å². The zero-order valence-corrected chi connectivity index (χ0v) is 20.4. The zero-order valence-electron chi connectivity index (χ0n) is 19.6. The number of nitrogens with one attached hydrogen (secondary N) is 2. The zero-order chi connectivity index (χ0) is 24.2. The molecule has 3 aromatic rings. The van der Waals surface area contributed by atoms with Crippen LogP contribution in [0.5, 0.6) is 5.75 Å². The van der Waals surface area contributed by atoms with Crippen LogP contribution in [0.25, 0.3) is 0 Å². The molecule has 0 aliphatic heterocycles. The molecule has 0 aliphatic rings. The summed E-state index contributed by atoms with van der Waals surface area (Å²) < 4.78 is 33.8. The fourth-order valence-electron chi connectivity index (χ4n) is 3.40. The monoisotopic (exact) mass is 466 g/mol. The molecular formula is C26H30N2O4S. The Morgan fingerprint density at radius 2 is 1.61 bits per heavy atom. The Morgan fingerprint density at radius 1 is 0.939 bits per heavy atom. The second-order valence-electron chi connectivity index (χ2n) is 9.03. The van der Waals surface area contributed by atoms with Crippen molar-refractivity contribution in [3.05, 3.63) is 83.4 Å². The predicted molar refractivity (Wildman–Crippen MR) is 132 cm³/mol. The number of ether oxygens (including phenoxy) is 1. The maximum Gasteiger partial charge on any atom is 0.262 e. The van der Waals surface area contributed by atoms with Crippen molar-refractivity contribution in [1.29, 1.82) is 0 Å². The molecule has 7 heteroatoms. The third-order valence-corrected chi connectivity index (χ3v) is 6.51. The fraction of sp³-hybridized carbons (Fsp3) is 0.269. The summed E-state index contributed by atoms with van der Waals surface area (Å²) in [5, 5.41) is 2.73. The van der Waals surface area contributed by atoms with E-state index in [0.717, 1.165) is 16.7 Å². The topological polar surface area (TPSA) is 84.5 Å². The molecule has 0 radical (unpaired) electrons. The van der Waals surface area contributed by atoms with Crippen LogP contribution in [0, 0.1) is 13.8 Å². The van der Waals surface area contributed by atoms with Crippen LogP contribution < -0.4 is 14.8 Å². The highest BCUT2D eigenvalue weighted by Gasteiger charge is 2.19. The molecule has 0 heterocycles. The third kappa shape index (κ3) is 6.35. The molecule has 0 saturated heterocycles. The molecule has 33 heavy (non-hydrogen) atoms. The van der Waals surface area contributed by atoms with Crippen LogP contribution in [0.4, 0.5) is 11.4 Å².